The highest BCUT2D eigenvalue weighted by Crippen LogP contribution is 2.26. The maximum absolute atomic E-state index is 12.3. The van der Waals surface area contributed by atoms with Crippen LogP contribution in [-0.4, -0.2) is 21.8 Å². The van der Waals surface area contributed by atoms with Crippen LogP contribution in [0.1, 0.15) is 30.0 Å². The zero-order valence-electron chi connectivity index (χ0n) is 10.9. The normalized spacial score (nSPS) is 18.6. The zero-order valence-corrected chi connectivity index (χ0v) is 10.9. The number of Topliss-reactive ketones (excluding diaryl/α,β-unsaturated/α-hetero) is 1. The second-order valence-corrected chi connectivity index (χ2v) is 5.09. The molecule has 2 N–H and O–H groups in total. The fourth-order valence-electron chi connectivity index (χ4n) is 2.37. The predicted octanol–water partition coefficient (Wildman–Crippen LogP) is 2.19. The largest absolute Gasteiger partial charge is 0.318 e. The molecular formula is C15H15N3O. The molecule has 1 heterocycles. The van der Waals surface area contributed by atoms with E-state index in [2.05, 4.69) is 9.97 Å². The summed E-state index contributed by atoms with van der Waals surface area (Å²) in [6.45, 7) is 4.05. The van der Waals surface area contributed by atoms with Gasteiger partial charge in [0.25, 0.3) is 0 Å². The third-order valence-corrected chi connectivity index (χ3v) is 3.44. The van der Waals surface area contributed by atoms with E-state index in [0.29, 0.717) is 11.4 Å². The lowest BCUT2D eigenvalue weighted by Crippen LogP contribution is -2.38. The highest BCUT2D eigenvalue weighted by Gasteiger charge is 2.30. The number of hydrogen-bond donors (Lipinski definition) is 1. The van der Waals surface area contributed by atoms with Gasteiger partial charge >= 0.3 is 0 Å². The molecule has 0 saturated heterocycles. The number of ketones is 1. The van der Waals surface area contributed by atoms with Gasteiger partial charge < -0.3 is 5.73 Å². The third kappa shape index (κ3) is 1.85. The lowest BCUT2D eigenvalue weighted by molar-refractivity contribution is 0.0964. The average molecular weight is 253 g/mol. The monoisotopic (exact) mass is 253 g/mol. The molecule has 1 atom stereocenters. The van der Waals surface area contributed by atoms with Crippen molar-refractivity contribution in [2.75, 3.05) is 0 Å². The summed E-state index contributed by atoms with van der Waals surface area (Å²) >= 11 is 0. The number of fused-ring (bicyclic) bond motifs is 2. The quantitative estimate of drug-likeness (QED) is 0.845. The molecule has 2 aromatic rings. The van der Waals surface area contributed by atoms with Crippen molar-refractivity contribution in [3.05, 3.63) is 41.2 Å². The van der Waals surface area contributed by atoms with Crippen molar-refractivity contribution in [3.8, 4) is 0 Å². The molecule has 0 aliphatic heterocycles. The first-order valence-electron chi connectivity index (χ1n) is 6.36. The Bertz CT molecular complexity index is 704. The van der Waals surface area contributed by atoms with Crippen molar-refractivity contribution in [1.29, 1.82) is 0 Å². The topological polar surface area (TPSA) is 68.9 Å². The summed E-state index contributed by atoms with van der Waals surface area (Å²) in [4.78, 5) is 21.2. The Morgan fingerprint density at radius 3 is 2.42 bits per heavy atom. The Morgan fingerprint density at radius 2 is 1.79 bits per heavy atom. The number of carbonyl (C=O) groups is 1. The van der Waals surface area contributed by atoms with E-state index in [4.69, 9.17) is 5.73 Å². The standard InChI is InChI=1S/C15H15N3O/c1-8(2)9-7-12-14(15(19)13(9)16)18-11-6-4-3-5-10(11)17-12/h3-8,13H,16H2,1-2H3. The number of carbonyl (C=O) groups excluding carboxylic acids is 1. The van der Waals surface area contributed by atoms with Gasteiger partial charge in [-0.2, -0.15) is 0 Å². The van der Waals surface area contributed by atoms with Gasteiger partial charge in [-0.1, -0.05) is 26.0 Å². The highest BCUT2D eigenvalue weighted by atomic mass is 16.1. The highest BCUT2D eigenvalue weighted by molar-refractivity contribution is 6.06. The summed E-state index contributed by atoms with van der Waals surface area (Å²) in [6.07, 6.45) is 1.91. The van der Waals surface area contributed by atoms with Crippen LogP contribution in [0.5, 0.6) is 0 Å². The van der Waals surface area contributed by atoms with Gasteiger partial charge in [0.05, 0.1) is 22.8 Å². The lowest BCUT2D eigenvalue weighted by atomic mass is 9.86. The summed E-state index contributed by atoms with van der Waals surface area (Å²) in [5.41, 5.74) is 9.45. The Hall–Kier alpha value is -2.07. The van der Waals surface area contributed by atoms with Gasteiger partial charge in [-0.05, 0) is 29.7 Å². The van der Waals surface area contributed by atoms with Gasteiger partial charge in [0.15, 0.2) is 0 Å². The smallest absolute Gasteiger partial charge is 0.204 e. The van der Waals surface area contributed by atoms with Crippen LogP contribution in [0.4, 0.5) is 0 Å². The Balaban J connectivity index is 2.27. The molecule has 3 rings (SSSR count). The van der Waals surface area contributed by atoms with Crippen molar-refractivity contribution in [3.63, 3.8) is 0 Å². The fraction of sp³-hybridized carbons (Fsp3) is 0.267. The van der Waals surface area contributed by atoms with E-state index >= 15 is 0 Å². The van der Waals surface area contributed by atoms with Crippen LogP contribution in [0.3, 0.4) is 0 Å². The van der Waals surface area contributed by atoms with Crippen LogP contribution < -0.4 is 5.73 Å². The third-order valence-electron chi connectivity index (χ3n) is 3.44. The summed E-state index contributed by atoms with van der Waals surface area (Å²) < 4.78 is 0. The van der Waals surface area contributed by atoms with Crippen LogP contribution in [0.25, 0.3) is 17.1 Å². The van der Waals surface area contributed by atoms with E-state index in [1.807, 2.05) is 44.2 Å². The van der Waals surface area contributed by atoms with Crippen LogP contribution in [0.2, 0.25) is 0 Å². The van der Waals surface area contributed by atoms with E-state index in [0.717, 1.165) is 16.6 Å². The SMILES string of the molecule is CC(C)C1=Cc2nc3ccccc3nc2C(=O)C1N. The number of nitrogens with zero attached hydrogens (tertiary/aromatic N) is 2. The van der Waals surface area contributed by atoms with E-state index < -0.39 is 6.04 Å². The molecule has 0 amide bonds. The fourth-order valence-corrected chi connectivity index (χ4v) is 2.37. The molecule has 0 fully saturated rings. The molecule has 1 aliphatic carbocycles. The van der Waals surface area contributed by atoms with Crippen LogP contribution in [-0.2, 0) is 0 Å². The summed E-state index contributed by atoms with van der Waals surface area (Å²) in [6, 6.07) is 6.94. The number of rotatable bonds is 1. The molecule has 0 bridgehead atoms. The van der Waals surface area contributed by atoms with Gasteiger partial charge in [0, 0.05) is 0 Å². The van der Waals surface area contributed by atoms with Gasteiger partial charge in [0.2, 0.25) is 5.78 Å². The Labute approximate surface area is 111 Å². The maximum atomic E-state index is 12.3. The number of benzene rings is 1. The average Bonchev–Trinajstić information content (AvgIpc) is 2.41. The molecule has 0 saturated carbocycles. The van der Waals surface area contributed by atoms with Crippen molar-refractivity contribution >= 4 is 22.9 Å². The van der Waals surface area contributed by atoms with Crippen LogP contribution >= 0.6 is 0 Å². The molecule has 0 spiro atoms. The summed E-state index contributed by atoms with van der Waals surface area (Å²) in [7, 11) is 0. The minimum atomic E-state index is -0.594. The predicted molar refractivity (Wildman–Crippen MR) is 74.7 cm³/mol. The molecule has 1 unspecified atom stereocenters. The first kappa shape index (κ1) is 12.0. The summed E-state index contributed by atoms with van der Waals surface area (Å²) in [5.74, 6) is 0.0832. The van der Waals surface area contributed by atoms with E-state index in [-0.39, 0.29) is 11.7 Å². The molecule has 1 aromatic carbocycles. The molecule has 19 heavy (non-hydrogen) atoms. The van der Waals surface area contributed by atoms with Crippen molar-refractivity contribution in [2.24, 2.45) is 11.7 Å². The number of hydrogen-bond acceptors (Lipinski definition) is 4. The lowest BCUT2D eigenvalue weighted by Gasteiger charge is -2.23. The van der Waals surface area contributed by atoms with E-state index in [1.54, 1.807) is 0 Å². The molecule has 0 radical (unpaired) electrons. The number of para-hydroxylation sites is 2. The first-order chi connectivity index (χ1) is 9.08. The second-order valence-electron chi connectivity index (χ2n) is 5.09. The van der Waals surface area contributed by atoms with Crippen LogP contribution in [0, 0.1) is 5.92 Å². The van der Waals surface area contributed by atoms with Crippen molar-refractivity contribution < 1.29 is 4.79 Å². The molecule has 1 aliphatic rings. The van der Waals surface area contributed by atoms with Gasteiger partial charge in [0.1, 0.15) is 5.69 Å². The molecule has 1 aromatic heterocycles. The number of nitrogens with two attached hydrogens (primary N) is 1. The minimum Gasteiger partial charge on any atom is -0.318 e. The minimum absolute atomic E-state index is 0.139. The molecule has 4 nitrogen and oxygen atoms in total. The molecule has 96 valence electrons. The van der Waals surface area contributed by atoms with Gasteiger partial charge in [-0.25, -0.2) is 9.97 Å². The maximum Gasteiger partial charge on any atom is 0.204 e. The molecule has 4 heteroatoms. The Morgan fingerprint density at radius 1 is 1.16 bits per heavy atom. The number of aromatic nitrogens is 2. The van der Waals surface area contributed by atoms with Gasteiger partial charge in [-0.3, -0.25) is 4.79 Å². The molecular weight excluding hydrogens is 238 g/mol. The van der Waals surface area contributed by atoms with E-state index in [9.17, 15) is 4.79 Å². The van der Waals surface area contributed by atoms with Crippen molar-refractivity contribution in [1.82, 2.24) is 9.97 Å². The second kappa shape index (κ2) is 4.24. The zero-order chi connectivity index (χ0) is 13.6. The van der Waals surface area contributed by atoms with Crippen molar-refractivity contribution in [2.45, 2.75) is 19.9 Å². The van der Waals surface area contributed by atoms with E-state index in [1.165, 1.54) is 0 Å². The van der Waals surface area contributed by atoms with Gasteiger partial charge in [-0.15, -0.1) is 0 Å². The first-order valence-corrected chi connectivity index (χ1v) is 6.36. The van der Waals surface area contributed by atoms with Crippen LogP contribution in [0.15, 0.2) is 29.8 Å². The summed E-state index contributed by atoms with van der Waals surface area (Å²) in [5, 5.41) is 0. The Kier molecular flexibility index (Phi) is 2.68.